The average molecular weight is 281 g/mol. The molecule has 0 spiro atoms. The smallest absolute Gasteiger partial charge is 0.158 e. The molecule has 0 N–H and O–H groups in total. The van der Waals surface area contributed by atoms with Crippen molar-refractivity contribution < 1.29 is 9.18 Å². The highest BCUT2D eigenvalue weighted by atomic mass is 35.5. The quantitative estimate of drug-likeness (QED) is 0.862. The fourth-order valence-electron chi connectivity index (χ4n) is 1.88. The van der Waals surface area contributed by atoms with Crippen LogP contribution in [0.3, 0.4) is 0 Å². The number of aromatic nitrogens is 2. The highest BCUT2D eigenvalue weighted by molar-refractivity contribution is 6.31. The molecule has 3 nitrogen and oxygen atoms in total. The molecular formula is C14H14ClFN2O. The molecule has 0 bridgehead atoms. The maximum atomic E-state index is 12.8. The van der Waals surface area contributed by atoms with Gasteiger partial charge in [-0.1, -0.05) is 23.7 Å². The zero-order chi connectivity index (χ0) is 14.0. The van der Waals surface area contributed by atoms with E-state index in [2.05, 4.69) is 5.10 Å². The van der Waals surface area contributed by atoms with E-state index in [-0.39, 0.29) is 24.6 Å². The van der Waals surface area contributed by atoms with Crippen LogP contribution in [0, 0.1) is 19.7 Å². The minimum atomic E-state index is -0.304. The molecule has 0 saturated heterocycles. The molecule has 0 unspecified atom stereocenters. The molecule has 2 rings (SSSR count). The fourth-order valence-corrected chi connectivity index (χ4v) is 2.02. The number of Topliss-reactive ketones (excluding diaryl/α,β-unsaturated/α-hetero) is 1. The van der Waals surface area contributed by atoms with Gasteiger partial charge in [0.1, 0.15) is 12.4 Å². The summed E-state index contributed by atoms with van der Waals surface area (Å²) in [6, 6.07) is 5.92. The van der Waals surface area contributed by atoms with E-state index in [0.717, 1.165) is 11.3 Å². The Morgan fingerprint density at radius 2 is 1.95 bits per heavy atom. The highest BCUT2D eigenvalue weighted by Gasteiger charge is 2.12. The number of ketones is 1. The molecule has 0 aliphatic rings. The molecule has 0 aliphatic carbocycles. The van der Waals surface area contributed by atoms with Crippen LogP contribution in [0.2, 0.25) is 5.02 Å². The second-order valence-corrected chi connectivity index (χ2v) is 4.86. The van der Waals surface area contributed by atoms with Crippen molar-refractivity contribution in [3.8, 4) is 0 Å². The number of rotatable bonds is 4. The van der Waals surface area contributed by atoms with Crippen LogP contribution < -0.4 is 0 Å². The first-order chi connectivity index (χ1) is 8.97. The Morgan fingerprint density at radius 1 is 1.32 bits per heavy atom. The Kier molecular flexibility index (Phi) is 4.00. The van der Waals surface area contributed by atoms with Gasteiger partial charge in [0.15, 0.2) is 5.78 Å². The summed E-state index contributed by atoms with van der Waals surface area (Å²) >= 11 is 6.02. The van der Waals surface area contributed by atoms with Crippen LogP contribution in [0.15, 0.2) is 24.3 Å². The summed E-state index contributed by atoms with van der Waals surface area (Å²) in [4.78, 5) is 11.9. The van der Waals surface area contributed by atoms with Crippen LogP contribution in [0.1, 0.15) is 17.0 Å². The predicted octanol–water partition coefficient (Wildman–Crippen LogP) is 3.10. The van der Waals surface area contributed by atoms with Gasteiger partial charge >= 0.3 is 0 Å². The topological polar surface area (TPSA) is 34.9 Å². The van der Waals surface area contributed by atoms with Crippen LogP contribution >= 0.6 is 11.6 Å². The van der Waals surface area contributed by atoms with Crippen LogP contribution in [-0.2, 0) is 17.8 Å². The van der Waals surface area contributed by atoms with Crippen molar-refractivity contribution in [1.82, 2.24) is 9.78 Å². The van der Waals surface area contributed by atoms with Crippen molar-refractivity contribution in [2.45, 2.75) is 26.8 Å². The van der Waals surface area contributed by atoms with E-state index in [4.69, 9.17) is 11.6 Å². The van der Waals surface area contributed by atoms with E-state index in [0.29, 0.717) is 10.7 Å². The summed E-state index contributed by atoms with van der Waals surface area (Å²) in [7, 11) is 0. The molecule has 1 aromatic carbocycles. The zero-order valence-electron chi connectivity index (χ0n) is 10.8. The van der Waals surface area contributed by atoms with Gasteiger partial charge in [-0.25, -0.2) is 4.39 Å². The third kappa shape index (κ3) is 3.20. The molecule has 0 amide bonds. The third-order valence-corrected chi connectivity index (χ3v) is 3.48. The summed E-state index contributed by atoms with van der Waals surface area (Å²) in [6.07, 6.45) is 0.260. The van der Waals surface area contributed by atoms with Gasteiger partial charge in [-0.05, 0) is 31.5 Å². The van der Waals surface area contributed by atoms with Crippen molar-refractivity contribution in [1.29, 1.82) is 0 Å². The van der Waals surface area contributed by atoms with Crippen LogP contribution in [0.4, 0.5) is 4.39 Å². The summed E-state index contributed by atoms with van der Waals surface area (Å²) in [5.41, 5.74) is 2.29. The molecule has 0 radical (unpaired) electrons. The molecule has 5 heteroatoms. The lowest BCUT2D eigenvalue weighted by atomic mass is 10.1. The average Bonchev–Trinajstić information content (AvgIpc) is 2.60. The Morgan fingerprint density at radius 3 is 2.47 bits per heavy atom. The van der Waals surface area contributed by atoms with Gasteiger partial charge in [-0.3, -0.25) is 9.48 Å². The van der Waals surface area contributed by atoms with E-state index in [1.54, 1.807) is 23.7 Å². The maximum absolute atomic E-state index is 12.8. The van der Waals surface area contributed by atoms with Crippen molar-refractivity contribution in [2.24, 2.45) is 0 Å². The minimum Gasteiger partial charge on any atom is -0.297 e. The Labute approximate surface area is 116 Å². The molecule has 1 heterocycles. The summed E-state index contributed by atoms with van der Waals surface area (Å²) < 4.78 is 14.4. The van der Waals surface area contributed by atoms with E-state index >= 15 is 0 Å². The van der Waals surface area contributed by atoms with E-state index in [1.807, 2.05) is 6.92 Å². The largest absolute Gasteiger partial charge is 0.297 e. The number of nitrogens with zero attached hydrogens (tertiary/aromatic N) is 2. The first-order valence-electron chi connectivity index (χ1n) is 5.93. The SMILES string of the molecule is Cc1nn(CC(=O)Cc2ccc(F)cc2)c(C)c1Cl. The van der Waals surface area contributed by atoms with Crippen molar-refractivity contribution >= 4 is 17.4 Å². The second kappa shape index (κ2) is 5.53. The second-order valence-electron chi connectivity index (χ2n) is 4.48. The number of halogens is 2. The van der Waals surface area contributed by atoms with Crippen LogP contribution in [0.5, 0.6) is 0 Å². The summed E-state index contributed by atoms with van der Waals surface area (Å²) in [5.74, 6) is -0.296. The third-order valence-electron chi connectivity index (χ3n) is 2.93. The van der Waals surface area contributed by atoms with E-state index in [1.165, 1.54) is 12.1 Å². The van der Waals surface area contributed by atoms with Crippen molar-refractivity contribution in [3.63, 3.8) is 0 Å². The van der Waals surface area contributed by atoms with Gasteiger partial charge in [0.25, 0.3) is 0 Å². The van der Waals surface area contributed by atoms with E-state index < -0.39 is 0 Å². The molecule has 1 aromatic heterocycles. The lowest BCUT2D eigenvalue weighted by molar-refractivity contribution is -0.119. The van der Waals surface area contributed by atoms with Gasteiger partial charge in [-0.2, -0.15) is 5.10 Å². The van der Waals surface area contributed by atoms with Gasteiger partial charge in [-0.15, -0.1) is 0 Å². The monoisotopic (exact) mass is 280 g/mol. The molecule has 2 aromatic rings. The van der Waals surface area contributed by atoms with E-state index in [9.17, 15) is 9.18 Å². The minimum absolute atomic E-state index is 0.00822. The number of carbonyl (C=O) groups is 1. The first kappa shape index (κ1) is 13.7. The summed E-state index contributed by atoms with van der Waals surface area (Å²) in [6.45, 7) is 3.81. The Hall–Kier alpha value is -1.68. The number of hydrogen-bond donors (Lipinski definition) is 0. The van der Waals surface area contributed by atoms with Crippen molar-refractivity contribution in [2.75, 3.05) is 0 Å². The molecule has 0 fully saturated rings. The Balaban J connectivity index is 2.05. The van der Waals surface area contributed by atoms with Crippen LogP contribution in [0.25, 0.3) is 0 Å². The molecule has 0 atom stereocenters. The molecule has 0 aliphatic heterocycles. The Bertz CT molecular complexity index is 605. The van der Waals surface area contributed by atoms with Crippen molar-refractivity contribution in [3.05, 3.63) is 52.1 Å². The molecule has 100 valence electrons. The maximum Gasteiger partial charge on any atom is 0.158 e. The molecule has 0 saturated carbocycles. The molecule has 19 heavy (non-hydrogen) atoms. The standard InChI is InChI=1S/C14H14ClFN2O/c1-9-14(15)10(2)18(17-9)8-13(19)7-11-3-5-12(16)6-4-11/h3-6H,7-8H2,1-2H3. The number of hydrogen-bond acceptors (Lipinski definition) is 2. The number of carbonyl (C=O) groups excluding carboxylic acids is 1. The highest BCUT2D eigenvalue weighted by Crippen LogP contribution is 2.18. The summed E-state index contributed by atoms with van der Waals surface area (Å²) in [5, 5.41) is 4.80. The lowest BCUT2D eigenvalue weighted by Gasteiger charge is -2.04. The molecular weight excluding hydrogens is 267 g/mol. The number of benzene rings is 1. The van der Waals surface area contributed by atoms with Crippen LogP contribution in [-0.4, -0.2) is 15.6 Å². The van der Waals surface area contributed by atoms with Gasteiger partial charge in [0.05, 0.1) is 16.4 Å². The predicted molar refractivity (Wildman–Crippen MR) is 71.8 cm³/mol. The first-order valence-corrected chi connectivity index (χ1v) is 6.31. The fraction of sp³-hybridized carbons (Fsp3) is 0.286. The lowest BCUT2D eigenvalue weighted by Crippen LogP contribution is -2.14. The van der Waals surface area contributed by atoms with Gasteiger partial charge in [0.2, 0.25) is 0 Å². The number of aryl methyl sites for hydroxylation is 1. The van der Waals surface area contributed by atoms with Gasteiger partial charge in [0, 0.05) is 6.42 Å². The normalized spacial score (nSPS) is 10.7. The zero-order valence-corrected chi connectivity index (χ0v) is 11.5. The van der Waals surface area contributed by atoms with Gasteiger partial charge < -0.3 is 0 Å².